The Hall–Kier alpha value is -0.500. The lowest BCUT2D eigenvalue weighted by atomic mass is 10.1. The number of hydrogen-bond donors (Lipinski definition) is 0. The van der Waals surface area contributed by atoms with Gasteiger partial charge in [0, 0.05) is 23.5 Å². The normalized spacial score (nSPS) is 15.4. The van der Waals surface area contributed by atoms with Crippen LogP contribution in [0.4, 0.5) is 5.69 Å². The minimum Gasteiger partial charge on any atom is -0.287 e. The van der Waals surface area contributed by atoms with E-state index in [4.69, 9.17) is 4.99 Å². The largest absolute Gasteiger partial charge is 0.287 e. The molecule has 22 heavy (non-hydrogen) atoms. The number of para-hydroxylation sites is 1. The number of carbonyl (C=O) groups is 1. The molecule has 7 heteroatoms. The Morgan fingerprint density at radius 3 is 2.27 bits per heavy atom. The maximum absolute atomic E-state index is 12.8. The van der Waals surface area contributed by atoms with E-state index in [1.54, 1.807) is 4.90 Å². The highest BCUT2D eigenvalue weighted by Crippen LogP contribution is 2.47. The minimum atomic E-state index is -0.0379. The summed E-state index contributed by atoms with van der Waals surface area (Å²) in [5.41, 5.74) is 3.42. The van der Waals surface area contributed by atoms with Gasteiger partial charge in [-0.25, -0.2) is 4.99 Å². The Labute approximate surface area is 160 Å². The zero-order chi connectivity index (χ0) is 15.6. The fourth-order valence-electron chi connectivity index (χ4n) is 2.71. The number of halogens is 4. The molecule has 1 amide bonds. The van der Waals surface area contributed by atoms with Gasteiger partial charge >= 0.3 is 0 Å². The van der Waals surface area contributed by atoms with Crippen LogP contribution in [0, 0.1) is 0 Å². The first-order valence-corrected chi connectivity index (χ1v) is 9.52. The van der Waals surface area contributed by atoms with Gasteiger partial charge in [-0.2, -0.15) is 0 Å². The lowest BCUT2D eigenvalue weighted by Crippen LogP contribution is -2.31. The summed E-state index contributed by atoms with van der Waals surface area (Å²) in [6, 6.07) is 7.89. The maximum atomic E-state index is 12.8. The van der Waals surface area contributed by atoms with Gasteiger partial charge in [-0.3, -0.25) is 9.69 Å². The molecule has 0 aromatic heterocycles. The van der Waals surface area contributed by atoms with E-state index < -0.39 is 0 Å². The summed E-state index contributed by atoms with van der Waals surface area (Å²) in [6.07, 6.45) is 0. The smallest absolute Gasteiger partial charge is 0.261 e. The Morgan fingerprint density at radius 1 is 0.909 bits per heavy atom. The van der Waals surface area contributed by atoms with Gasteiger partial charge in [0.05, 0.1) is 17.8 Å². The highest BCUT2D eigenvalue weighted by Gasteiger charge is 2.41. The van der Waals surface area contributed by atoms with Gasteiger partial charge in [-0.15, -0.1) is 0 Å². The summed E-state index contributed by atoms with van der Waals surface area (Å²) in [7, 11) is 0. The standard InChI is InChI=1S/C15H6Br4N2O/c16-10-8-9(11(17)13(19)12(10)18)15(22)21-5-6-3-1-2-4-7(6)20-14(8)21/h1-4H,5H2. The fraction of sp³-hybridized carbons (Fsp3) is 0.0667. The first-order chi connectivity index (χ1) is 10.5. The molecule has 4 rings (SSSR count). The molecule has 2 aromatic carbocycles. The molecular weight excluding hydrogens is 544 g/mol. The molecule has 0 N–H and O–H groups in total. The van der Waals surface area contributed by atoms with E-state index >= 15 is 0 Å². The van der Waals surface area contributed by atoms with Gasteiger partial charge in [0.15, 0.2) is 0 Å². The number of amides is 1. The summed E-state index contributed by atoms with van der Waals surface area (Å²) >= 11 is 14.2. The summed E-state index contributed by atoms with van der Waals surface area (Å²) in [5, 5.41) is 0. The quantitative estimate of drug-likeness (QED) is 0.303. The van der Waals surface area contributed by atoms with Gasteiger partial charge < -0.3 is 0 Å². The molecule has 110 valence electrons. The molecule has 0 fully saturated rings. The molecule has 0 unspecified atom stereocenters. The van der Waals surface area contributed by atoms with Crippen molar-refractivity contribution in [3.8, 4) is 0 Å². The van der Waals surface area contributed by atoms with Crippen LogP contribution in [0.2, 0.25) is 0 Å². The minimum absolute atomic E-state index is 0.0379. The molecule has 2 aliphatic rings. The number of carbonyl (C=O) groups excluding carboxylic acids is 1. The molecular formula is C15H6Br4N2O. The number of rotatable bonds is 0. The Balaban J connectivity index is 2.05. The molecule has 0 atom stereocenters. The van der Waals surface area contributed by atoms with E-state index in [0.29, 0.717) is 17.9 Å². The molecule has 0 spiro atoms. The van der Waals surface area contributed by atoms with Crippen LogP contribution in [0.25, 0.3) is 0 Å². The fourth-order valence-corrected chi connectivity index (χ4v) is 5.17. The van der Waals surface area contributed by atoms with Crippen molar-refractivity contribution in [2.45, 2.75) is 6.54 Å². The van der Waals surface area contributed by atoms with Crippen LogP contribution in [-0.2, 0) is 6.54 Å². The number of nitrogens with zero attached hydrogens (tertiary/aromatic N) is 2. The van der Waals surface area contributed by atoms with Crippen LogP contribution in [-0.4, -0.2) is 16.6 Å². The molecule has 0 saturated carbocycles. The zero-order valence-corrected chi connectivity index (χ0v) is 17.2. The molecule has 3 nitrogen and oxygen atoms in total. The maximum Gasteiger partial charge on any atom is 0.261 e. The Kier molecular flexibility index (Phi) is 3.60. The molecule has 0 aliphatic carbocycles. The van der Waals surface area contributed by atoms with Crippen LogP contribution in [0.3, 0.4) is 0 Å². The molecule has 0 radical (unpaired) electrons. The van der Waals surface area contributed by atoms with Crippen LogP contribution in [0.1, 0.15) is 21.5 Å². The second-order valence-electron chi connectivity index (χ2n) is 4.96. The van der Waals surface area contributed by atoms with Gasteiger partial charge in [-0.05, 0) is 75.3 Å². The van der Waals surface area contributed by atoms with Crippen molar-refractivity contribution in [2.75, 3.05) is 0 Å². The van der Waals surface area contributed by atoms with Crippen molar-refractivity contribution in [3.63, 3.8) is 0 Å². The lowest BCUT2D eigenvalue weighted by molar-refractivity contribution is 0.0851. The molecule has 2 aromatic rings. The van der Waals surface area contributed by atoms with E-state index in [1.165, 1.54) is 0 Å². The molecule has 2 heterocycles. The monoisotopic (exact) mass is 546 g/mol. The summed E-state index contributed by atoms with van der Waals surface area (Å²) in [5.74, 6) is 0.656. The Bertz CT molecular complexity index is 892. The number of aliphatic imine (C=N–C) groups is 1. The third kappa shape index (κ3) is 1.95. The van der Waals surface area contributed by atoms with Crippen molar-refractivity contribution in [2.24, 2.45) is 4.99 Å². The molecule has 2 aliphatic heterocycles. The Morgan fingerprint density at radius 2 is 1.55 bits per heavy atom. The molecule has 0 saturated heterocycles. The predicted octanol–water partition coefficient (Wildman–Crippen LogP) is 5.78. The highest BCUT2D eigenvalue weighted by molar-refractivity contribution is 9.15. The van der Waals surface area contributed by atoms with E-state index in [9.17, 15) is 4.79 Å². The van der Waals surface area contributed by atoms with Crippen molar-refractivity contribution >= 4 is 81.1 Å². The third-order valence-corrected chi connectivity index (χ3v) is 8.52. The SMILES string of the molecule is O=C1c2c(Br)c(Br)c(Br)c(Br)c2C2=Nc3ccccc3CN12. The van der Waals surface area contributed by atoms with Crippen molar-refractivity contribution in [1.29, 1.82) is 0 Å². The van der Waals surface area contributed by atoms with E-state index in [0.717, 1.165) is 34.7 Å². The molecule has 0 bridgehead atoms. The van der Waals surface area contributed by atoms with Gasteiger partial charge in [0.2, 0.25) is 0 Å². The van der Waals surface area contributed by atoms with Gasteiger partial charge in [0.1, 0.15) is 5.84 Å². The average Bonchev–Trinajstić information content (AvgIpc) is 2.81. The van der Waals surface area contributed by atoms with Crippen LogP contribution in [0.15, 0.2) is 47.1 Å². The highest BCUT2D eigenvalue weighted by atomic mass is 79.9. The lowest BCUT2D eigenvalue weighted by Gasteiger charge is -2.23. The van der Waals surface area contributed by atoms with E-state index in [1.807, 2.05) is 24.3 Å². The van der Waals surface area contributed by atoms with Crippen LogP contribution >= 0.6 is 63.7 Å². The van der Waals surface area contributed by atoms with Crippen molar-refractivity contribution in [3.05, 3.63) is 58.8 Å². The van der Waals surface area contributed by atoms with Crippen LogP contribution in [0.5, 0.6) is 0 Å². The summed E-state index contributed by atoms with van der Waals surface area (Å²) < 4.78 is 3.23. The first kappa shape index (κ1) is 15.1. The topological polar surface area (TPSA) is 32.7 Å². The predicted molar refractivity (Wildman–Crippen MR) is 99.8 cm³/mol. The van der Waals surface area contributed by atoms with Crippen molar-refractivity contribution < 1.29 is 4.79 Å². The second kappa shape index (κ2) is 5.26. The summed E-state index contributed by atoms with van der Waals surface area (Å²) in [6.45, 7) is 0.538. The number of benzene rings is 2. The van der Waals surface area contributed by atoms with E-state index in [2.05, 4.69) is 63.7 Å². The first-order valence-electron chi connectivity index (χ1n) is 6.35. The summed E-state index contributed by atoms with van der Waals surface area (Å²) in [4.78, 5) is 19.3. The zero-order valence-electron chi connectivity index (χ0n) is 10.8. The van der Waals surface area contributed by atoms with E-state index in [-0.39, 0.29) is 5.91 Å². The average molecular weight is 550 g/mol. The third-order valence-electron chi connectivity index (χ3n) is 3.75. The number of fused-ring (bicyclic) bond motifs is 4. The van der Waals surface area contributed by atoms with Crippen LogP contribution < -0.4 is 0 Å². The number of amidine groups is 1. The second-order valence-corrected chi connectivity index (χ2v) is 8.13. The van der Waals surface area contributed by atoms with Gasteiger partial charge in [-0.1, -0.05) is 18.2 Å². The number of hydrogen-bond acceptors (Lipinski definition) is 2. The van der Waals surface area contributed by atoms with Gasteiger partial charge in [0.25, 0.3) is 5.91 Å². The van der Waals surface area contributed by atoms with Crippen molar-refractivity contribution in [1.82, 2.24) is 4.90 Å².